The van der Waals surface area contributed by atoms with Crippen molar-refractivity contribution in [2.45, 2.75) is 12.8 Å². The predicted octanol–water partition coefficient (Wildman–Crippen LogP) is -0.0429. The molecule has 1 aliphatic heterocycles. The second-order valence-electron chi connectivity index (χ2n) is 4.10. The van der Waals surface area contributed by atoms with E-state index in [0.29, 0.717) is 13.0 Å². The number of H-pyrrole nitrogens is 1. The van der Waals surface area contributed by atoms with Gasteiger partial charge in [-0.3, -0.25) is 14.5 Å². The van der Waals surface area contributed by atoms with E-state index in [1.54, 1.807) is 12.5 Å². The van der Waals surface area contributed by atoms with Gasteiger partial charge in [-0.2, -0.15) is 0 Å². The number of aromatic nitrogens is 2. The van der Waals surface area contributed by atoms with Crippen LogP contribution in [0.3, 0.4) is 0 Å². The number of hydrogen-bond donors (Lipinski definition) is 1. The van der Waals surface area contributed by atoms with Gasteiger partial charge in [0.1, 0.15) is 0 Å². The molecule has 1 saturated carbocycles. The Kier molecular flexibility index (Phi) is 1.68. The first-order valence-electron chi connectivity index (χ1n) is 5.10. The number of amides is 2. The van der Waals surface area contributed by atoms with E-state index < -0.39 is 0 Å². The van der Waals surface area contributed by atoms with Crippen LogP contribution in [-0.2, 0) is 16.0 Å². The number of carbonyl (C=O) groups excluding carboxylic acids is 2. The molecule has 5 nitrogen and oxygen atoms in total. The minimum Gasteiger partial charge on any atom is -0.348 e. The first kappa shape index (κ1) is 8.64. The van der Waals surface area contributed by atoms with E-state index in [9.17, 15) is 9.59 Å². The first-order chi connectivity index (χ1) is 7.27. The zero-order chi connectivity index (χ0) is 10.4. The standard InChI is InChI=1S/C10H11N3O2/c14-9-7-3-8(7)10(15)13(9)2-1-6-4-11-5-12-6/h4-5,7-8H,1-3H2,(H,11,12). The molecule has 0 bridgehead atoms. The van der Waals surface area contributed by atoms with Crippen LogP contribution in [0.4, 0.5) is 0 Å². The zero-order valence-electron chi connectivity index (χ0n) is 8.14. The maximum Gasteiger partial charge on any atom is 0.233 e. The van der Waals surface area contributed by atoms with E-state index in [1.165, 1.54) is 4.90 Å². The van der Waals surface area contributed by atoms with Gasteiger partial charge in [0, 0.05) is 24.9 Å². The largest absolute Gasteiger partial charge is 0.348 e. The lowest BCUT2D eigenvalue weighted by molar-refractivity contribution is -0.141. The molecule has 2 atom stereocenters. The molecule has 15 heavy (non-hydrogen) atoms. The molecule has 5 heteroatoms. The topological polar surface area (TPSA) is 66.1 Å². The molecule has 0 spiro atoms. The van der Waals surface area contributed by atoms with Crippen molar-refractivity contribution in [3.8, 4) is 0 Å². The summed E-state index contributed by atoms with van der Waals surface area (Å²) in [7, 11) is 0. The first-order valence-corrected chi connectivity index (χ1v) is 5.10. The highest BCUT2D eigenvalue weighted by Crippen LogP contribution is 2.46. The quantitative estimate of drug-likeness (QED) is 0.704. The van der Waals surface area contributed by atoms with E-state index in [0.717, 1.165) is 12.1 Å². The number of fused-ring (bicyclic) bond motifs is 1. The number of carbonyl (C=O) groups is 2. The van der Waals surface area contributed by atoms with Gasteiger partial charge in [-0.05, 0) is 6.42 Å². The molecule has 78 valence electrons. The smallest absolute Gasteiger partial charge is 0.233 e. The predicted molar refractivity (Wildman–Crippen MR) is 50.6 cm³/mol. The maximum absolute atomic E-state index is 11.6. The third-order valence-corrected chi connectivity index (χ3v) is 3.12. The summed E-state index contributed by atoms with van der Waals surface area (Å²) in [5.41, 5.74) is 0.955. The molecule has 2 heterocycles. The van der Waals surface area contributed by atoms with Crippen LogP contribution < -0.4 is 0 Å². The van der Waals surface area contributed by atoms with Crippen LogP contribution in [0.15, 0.2) is 12.5 Å². The van der Waals surface area contributed by atoms with Crippen LogP contribution >= 0.6 is 0 Å². The molecule has 1 aliphatic carbocycles. The summed E-state index contributed by atoms with van der Waals surface area (Å²) in [4.78, 5) is 31.4. The van der Waals surface area contributed by atoms with Gasteiger partial charge in [0.15, 0.2) is 0 Å². The number of hydrogen-bond acceptors (Lipinski definition) is 3. The lowest BCUT2D eigenvalue weighted by Gasteiger charge is -2.15. The van der Waals surface area contributed by atoms with Gasteiger partial charge in [-0.15, -0.1) is 0 Å². The Bertz CT molecular complexity index is 392. The van der Waals surface area contributed by atoms with Crippen molar-refractivity contribution >= 4 is 11.8 Å². The van der Waals surface area contributed by atoms with Crippen molar-refractivity contribution in [1.82, 2.24) is 14.9 Å². The number of piperidine rings is 1. The van der Waals surface area contributed by atoms with Crippen molar-refractivity contribution in [3.63, 3.8) is 0 Å². The highest BCUT2D eigenvalue weighted by molar-refractivity contribution is 6.08. The molecule has 1 aromatic rings. The number of nitrogens with zero attached hydrogens (tertiary/aromatic N) is 2. The normalized spacial score (nSPS) is 28.4. The minimum atomic E-state index is 0.0132. The minimum absolute atomic E-state index is 0.0132. The van der Waals surface area contributed by atoms with Gasteiger partial charge in [-0.25, -0.2) is 4.98 Å². The fourth-order valence-electron chi connectivity index (χ4n) is 2.12. The van der Waals surface area contributed by atoms with Crippen LogP contribution in [0, 0.1) is 11.8 Å². The van der Waals surface area contributed by atoms with Gasteiger partial charge in [0.2, 0.25) is 11.8 Å². The fraction of sp³-hybridized carbons (Fsp3) is 0.500. The number of aromatic amines is 1. The van der Waals surface area contributed by atoms with Crippen LogP contribution in [0.1, 0.15) is 12.1 Å². The average Bonchev–Trinajstić information content (AvgIpc) is 2.80. The molecule has 1 N–H and O–H groups in total. The molecule has 1 aromatic heterocycles. The fourth-order valence-corrected chi connectivity index (χ4v) is 2.12. The number of nitrogens with one attached hydrogen (secondary N) is 1. The Labute approximate surface area is 86.5 Å². The molecule has 2 aliphatic rings. The summed E-state index contributed by atoms with van der Waals surface area (Å²) in [5.74, 6) is 0.0626. The van der Waals surface area contributed by atoms with Crippen LogP contribution in [0.25, 0.3) is 0 Å². The van der Waals surface area contributed by atoms with E-state index in [1.807, 2.05) is 0 Å². The molecular weight excluding hydrogens is 194 g/mol. The molecule has 2 fully saturated rings. The van der Waals surface area contributed by atoms with E-state index in [-0.39, 0.29) is 23.7 Å². The van der Waals surface area contributed by atoms with Crippen molar-refractivity contribution in [2.24, 2.45) is 11.8 Å². The van der Waals surface area contributed by atoms with E-state index >= 15 is 0 Å². The lowest BCUT2D eigenvalue weighted by Crippen LogP contribution is -2.34. The maximum atomic E-state index is 11.6. The third kappa shape index (κ3) is 1.26. The molecular formula is C10H11N3O2. The second-order valence-corrected chi connectivity index (χ2v) is 4.10. The van der Waals surface area contributed by atoms with E-state index in [4.69, 9.17) is 0 Å². The third-order valence-electron chi connectivity index (χ3n) is 3.12. The highest BCUT2D eigenvalue weighted by Gasteiger charge is 2.58. The molecule has 1 saturated heterocycles. The summed E-state index contributed by atoms with van der Waals surface area (Å²) in [6.45, 7) is 0.479. The van der Waals surface area contributed by atoms with Gasteiger partial charge >= 0.3 is 0 Å². The summed E-state index contributed by atoms with van der Waals surface area (Å²) < 4.78 is 0. The van der Waals surface area contributed by atoms with Gasteiger partial charge in [0.25, 0.3) is 0 Å². The summed E-state index contributed by atoms with van der Waals surface area (Å²) in [5, 5.41) is 0. The second kappa shape index (κ2) is 2.92. The number of likely N-dealkylation sites (tertiary alicyclic amines) is 1. The molecule has 3 rings (SSSR count). The molecule has 2 unspecified atom stereocenters. The average molecular weight is 205 g/mol. The number of rotatable bonds is 3. The summed E-state index contributed by atoms with van der Waals surface area (Å²) in [6.07, 6.45) is 4.75. The van der Waals surface area contributed by atoms with Crippen molar-refractivity contribution in [1.29, 1.82) is 0 Å². The highest BCUT2D eigenvalue weighted by atomic mass is 16.2. The monoisotopic (exact) mass is 205 g/mol. The Morgan fingerprint density at radius 2 is 2.13 bits per heavy atom. The Balaban J connectivity index is 1.64. The summed E-state index contributed by atoms with van der Waals surface area (Å²) >= 11 is 0. The van der Waals surface area contributed by atoms with Gasteiger partial charge in [-0.1, -0.05) is 0 Å². The lowest BCUT2D eigenvalue weighted by atomic mass is 10.3. The zero-order valence-corrected chi connectivity index (χ0v) is 8.14. The Morgan fingerprint density at radius 1 is 1.40 bits per heavy atom. The van der Waals surface area contributed by atoms with Gasteiger partial charge in [0.05, 0.1) is 18.2 Å². The van der Waals surface area contributed by atoms with Crippen molar-refractivity contribution < 1.29 is 9.59 Å². The van der Waals surface area contributed by atoms with Crippen LogP contribution in [0.5, 0.6) is 0 Å². The summed E-state index contributed by atoms with van der Waals surface area (Å²) in [6, 6.07) is 0. The van der Waals surface area contributed by atoms with Crippen LogP contribution in [0.2, 0.25) is 0 Å². The number of imidazole rings is 1. The molecule has 0 radical (unpaired) electrons. The molecule has 0 aromatic carbocycles. The van der Waals surface area contributed by atoms with Gasteiger partial charge < -0.3 is 4.98 Å². The van der Waals surface area contributed by atoms with E-state index in [2.05, 4.69) is 9.97 Å². The Morgan fingerprint density at radius 3 is 2.73 bits per heavy atom. The number of imide groups is 1. The Hall–Kier alpha value is -1.65. The van der Waals surface area contributed by atoms with Crippen molar-refractivity contribution in [3.05, 3.63) is 18.2 Å². The SMILES string of the molecule is O=C1C2CC2C(=O)N1CCc1cnc[nH]1. The van der Waals surface area contributed by atoms with Crippen molar-refractivity contribution in [2.75, 3.05) is 6.54 Å². The van der Waals surface area contributed by atoms with Crippen LogP contribution in [-0.4, -0.2) is 33.2 Å². The molecule has 2 amide bonds.